The van der Waals surface area contributed by atoms with E-state index in [-0.39, 0.29) is 61.9 Å². The standard InChI is InChI=1S/C49H91N9O9/c1-13-15-17-18-19-21-23-39(58(32-59)41-24-22-28-57(41)42(62)25-20-16-14-2)46(65)54-43(36(8)60)47(66)53-37(29-33(3)4)44(63)52-38(30-34(5)6)45(64)55-49(9,10)48(67)50-27-26-40(61)51-35(7)31-56(11)12/h32-39,41,43,60H,13-31H2,1-12H3,(H,50,67)(H,51,61)(H,52,63)(H,53,66)(H,54,65)(H,55,64)/t35-,36+,37-,38-,39-,41+,43-/m0/s1. The third-order valence-corrected chi connectivity index (χ3v) is 11.9. The highest BCUT2D eigenvalue weighted by Crippen LogP contribution is 2.26. The number of hydrogen-bond donors (Lipinski definition) is 7. The molecule has 0 aromatic rings. The minimum Gasteiger partial charge on any atom is -0.391 e. The first-order valence-electron chi connectivity index (χ1n) is 25.1. The van der Waals surface area contributed by atoms with Gasteiger partial charge in [0, 0.05) is 38.5 Å². The van der Waals surface area contributed by atoms with Crippen molar-refractivity contribution in [3.63, 3.8) is 0 Å². The van der Waals surface area contributed by atoms with Crippen LogP contribution in [-0.2, 0) is 38.4 Å². The van der Waals surface area contributed by atoms with Crippen molar-refractivity contribution in [3.8, 4) is 0 Å². The molecular formula is C49H91N9O9. The lowest BCUT2D eigenvalue weighted by Crippen LogP contribution is -2.63. The molecular weight excluding hydrogens is 859 g/mol. The Morgan fingerprint density at radius 1 is 0.731 bits per heavy atom. The molecule has 1 rings (SSSR count). The molecule has 0 bridgehead atoms. The van der Waals surface area contributed by atoms with E-state index in [9.17, 15) is 43.5 Å². The molecule has 0 unspecified atom stereocenters. The summed E-state index contributed by atoms with van der Waals surface area (Å²) in [7, 11) is 3.81. The molecule has 8 amide bonds. The zero-order valence-corrected chi connectivity index (χ0v) is 43.3. The summed E-state index contributed by atoms with van der Waals surface area (Å²) in [4.78, 5) is 113. The topological polar surface area (TPSA) is 239 Å². The van der Waals surface area contributed by atoms with Crippen molar-refractivity contribution in [1.29, 1.82) is 0 Å². The number of nitrogens with one attached hydrogen (secondary N) is 6. The lowest BCUT2D eigenvalue weighted by molar-refractivity contribution is -0.146. The Morgan fingerprint density at radius 2 is 1.30 bits per heavy atom. The molecule has 0 saturated carbocycles. The van der Waals surface area contributed by atoms with Crippen LogP contribution in [0.1, 0.15) is 172 Å². The summed E-state index contributed by atoms with van der Waals surface area (Å²) < 4.78 is 0. The first-order valence-corrected chi connectivity index (χ1v) is 25.1. The second-order valence-corrected chi connectivity index (χ2v) is 20.3. The predicted octanol–water partition coefficient (Wildman–Crippen LogP) is 3.49. The highest BCUT2D eigenvalue weighted by atomic mass is 16.3. The first-order chi connectivity index (χ1) is 31.5. The van der Waals surface area contributed by atoms with Crippen molar-refractivity contribution in [2.45, 2.75) is 220 Å². The number of aliphatic hydroxyl groups is 1. The van der Waals surface area contributed by atoms with Gasteiger partial charge in [0.05, 0.1) is 6.10 Å². The molecule has 18 heteroatoms. The minimum atomic E-state index is -1.52. The Balaban J connectivity index is 3.27. The SMILES string of the molecule is CCCCCCCC[C@@H](C(=O)N[C@H](C(=O)N[C@@H](CC(C)C)C(=O)N[C@@H](CC(C)C)C(=O)NC(C)(C)C(=O)NCCC(=O)N[C@@H](C)CN(C)C)[C@@H](C)O)N(C=O)[C@@H]1CCCN1C(=O)CCCCC. The minimum absolute atomic E-state index is 0.0414. The molecule has 0 aliphatic carbocycles. The smallest absolute Gasteiger partial charge is 0.245 e. The van der Waals surface area contributed by atoms with E-state index >= 15 is 0 Å². The van der Waals surface area contributed by atoms with E-state index in [4.69, 9.17) is 0 Å². The van der Waals surface area contributed by atoms with E-state index in [1.54, 1.807) is 4.90 Å². The molecule has 1 fully saturated rings. The molecule has 0 radical (unpaired) electrons. The Kier molecular flexibility index (Phi) is 28.7. The molecule has 386 valence electrons. The number of carbonyl (C=O) groups is 8. The average Bonchev–Trinajstić information content (AvgIpc) is 3.71. The van der Waals surface area contributed by atoms with Gasteiger partial charge in [0.2, 0.25) is 47.8 Å². The number of hydrogen-bond acceptors (Lipinski definition) is 10. The van der Waals surface area contributed by atoms with Gasteiger partial charge >= 0.3 is 0 Å². The van der Waals surface area contributed by atoms with Gasteiger partial charge in [0.15, 0.2) is 0 Å². The number of likely N-dealkylation sites (N-methyl/N-ethyl adjacent to an activating group) is 1. The van der Waals surface area contributed by atoms with Gasteiger partial charge in [-0.2, -0.15) is 0 Å². The number of aliphatic hydroxyl groups excluding tert-OH is 1. The maximum atomic E-state index is 14.3. The van der Waals surface area contributed by atoms with Crippen LogP contribution in [0.15, 0.2) is 0 Å². The summed E-state index contributed by atoms with van der Waals surface area (Å²) in [5, 5.41) is 27.5. The largest absolute Gasteiger partial charge is 0.391 e. The average molecular weight is 950 g/mol. The van der Waals surface area contributed by atoms with E-state index in [2.05, 4.69) is 45.7 Å². The maximum Gasteiger partial charge on any atom is 0.245 e. The van der Waals surface area contributed by atoms with Crippen LogP contribution in [0.2, 0.25) is 0 Å². The Morgan fingerprint density at radius 3 is 1.87 bits per heavy atom. The van der Waals surface area contributed by atoms with Gasteiger partial charge < -0.3 is 51.7 Å². The van der Waals surface area contributed by atoms with Gasteiger partial charge in [-0.15, -0.1) is 0 Å². The Hall–Kier alpha value is -4.32. The number of likely N-dealkylation sites (tertiary alicyclic amines) is 1. The molecule has 1 heterocycles. The molecule has 0 aromatic heterocycles. The predicted molar refractivity (Wildman–Crippen MR) is 261 cm³/mol. The third kappa shape index (κ3) is 23.0. The van der Waals surface area contributed by atoms with Gasteiger partial charge in [0.25, 0.3) is 0 Å². The van der Waals surface area contributed by atoms with Gasteiger partial charge in [-0.25, -0.2) is 0 Å². The number of carbonyl (C=O) groups excluding carboxylic acids is 8. The fourth-order valence-corrected chi connectivity index (χ4v) is 8.40. The van der Waals surface area contributed by atoms with Crippen LogP contribution in [-0.4, -0.2) is 149 Å². The Labute approximate surface area is 402 Å². The zero-order chi connectivity index (χ0) is 50.9. The lowest BCUT2D eigenvalue weighted by atomic mass is 9.98. The fraction of sp³-hybridized carbons (Fsp3) is 0.837. The van der Waals surface area contributed by atoms with Crippen LogP contribution in [0.4, 0.5) is 0 Å². The second-order valence-electron chi connectivity index (χ2n) is 20.3. The van der Waals surface area contributed by atoms with Crippen LogP contribution in [0.3, 0.4) is 0 Å². The molecule has 1 saturated heterocycles. The van der Waals surface area contributed by atoms with Crippen molar-refractivity contribution in [3.05, 3.63) is 0 Å². The van der Waals surface area contributed by atoms with Crippen molar-refractivity contribution >= 4 is 47.8 Å². The van der Waals surface area contributed by atoms with Crippen molar-refractivity contribution < 1.29 is 43.5 Å². The molecule has 0 aromatic carbocycles. The van der Waals surface area contributed by atoms with Crippen LogP contribution in [0, 0.1) is 11.8 Å². The molecule has 1 aliphatic rings. The summed E-state index contributed by atoms with van der Waals surface area (Å²) in [6, 6.07) is -4.93. The normalized spacial score (nSPS) is 16.7. The van der Waals surface area contributed by atoms with E-state index in [1.165, 1.54) is 25.7 Å². The fourth-order valence-electron chi connectivity index (χ4n) is 8.40. The lowest BCUT2D eigenvalue weighted by Gasteiger charge is -2.38. The summed E-state index contributed by atoms with van der Waals surface area (Å²) in [5.74, 6) is -3.80. The number of amides is 8. The summed E-state index contributed by atoms with van der Waals surface area (Å²) in [6.45, 7) is 19.1. The van der Waals surface area contributed by atoms with Crippen LogP contribution in [0.25, 0.3) is 0 Å². The monoisotopic (exact) mass is 950 g/mol. The summed E-state index contributed by atoms with van der Waals surface area (Å²) >= 11 is 0. The van der Waals surface area contributed by atoms with E-state index < -0.39 is 71.5 Å². The molecule has 18 nitrogen and oxygen atoms in total. The van der Waals surface area contributed by atoms with E-state index in [0.717, 1.165) is 51.4 Å². The van der Waals surface area contributed by atoms with Gasteiger partial charge in [-0.05, 0) is 92.2 Å². The van der Waals surface area contributed by atoms with Crippen molar-refractivity contribution in [2.24, 2.45) is 11.8 Å². The van der Waals surface area contributed by atoms with E-state index in [0.29, 0.717) is 45.2 Å². The zero-order valence-electron chi connectivity index (χ0n) is 43.3. The van der Waals surface area contributed by atoms with Gasteiger partial charge in [0.1, 0.15) is 35.9 Å². The van der Waals surface area contributed by atoms with Crippen LogP contribution in [0.5, 0.6) is 0 Å². The number of rotatable bonds is 34. The Bertz CT molecular complexity index is 1560. The molecule has 0 spiro atoms. The number of nitrogens with zero attached hydrogens (tertiary/aromatic N) is 3. The molecule has 67 heavy (non-hydrogen) atoms. The third-order valence-electron chi connectivity index (χ3n) is 11.9. The van der Waals surface area contributed by atoms with Crippen molar-refractivity contribution in [1.82, 2.24) is 46.6 Å². The molecule has 7 N–H and O–H groups in total. The quantitative estimate of drug-likeness (QED) is 0.0366. The summed E-state index contributed by atoms with van der Waals surface area (Å²) in [5.41, 5.74) is -1.42. The summed E-state index contributed by atoms with van der Waals surface area (Å²) in [6.07, 6.45) is 8.95. The van der Waals surface area contributed by atoms with Gasteiger partial charge in [-0.1, -0.05) is 92.9 Å². The number of unbranched alkanes of at least 4 members (excludes halogenated alkanes) is 7. The van der Waals surface area contributed by atoms with Gasteiger partial charge in [-0.3, -0.25) is 38.4 Å². The second kappa shape index (κ2) is 31.7. The highest BCUT2D eigenvalue weighted by molar-refractivity contribution is 5.97. The van der Waals surface area contributed by atoms with Crippen molar-refractivity contribution in [2.75, 3.05) is 33.7 Å². The van der Waals surface area contributed by atoms with Crippen LogP contribution >= 0.6 is 0 Å². The van der Waals surface area contributed by atoms with Crippen LogP contribution < -0.4 is 31.9 Å². The molecule has 1 aliphatic heterocycles. The van der Waals surface area contributed by atoms with E-state index in [1.807, 2.05) is 53.6 Å². The maximum absolute atomic E-state index is 14.3. The first kappa shape index (κ1) is 60.7. The molecule has 7 atom stereocenters. The highest BCUT2D eigenvalue weighted by Gasteiger charge is 2.40.